The van der Waals surface area contributed by atoms with Gasteiger partial charge in [-0.25, -0.2) is 4.39 Å². The molecule has 4 nitrogen and oxygen atoms in total. The maximum atomic E-state index is 13.0. The van der Waals surface area contributed by atoms with Crippen molar-refractivity contribution < 1.29 is 9.50 Å². The van der Waals surface area contributed by atoms with Gasteiger partial charge in [0.2, 0.25) is 0 Å². The number of halogens is 4. The molecule has 1 aliphatic heterocycles. The highest BCUT2D eigenvalue weighted by Crippen LogP contribution is 2.26. The van der Waals surface area contributed by atoms with Crippen molar-refractivity contribution in [3.05, 3.63) is 63.7 Å². The molecule has 3 aromatic rings. The maximum absolute atomic E-state index is 13.0. The normalized spacial score (nSPS) is 16.1. The minimum absolute atomic E-state index is 0. The number of aromatic nitrogens is 1. The lowest BCUT2D eigenvalue weighted by Crippen LogP contribution is -2.38. The molecule has 1 saturated heterocycles. The molecule has 2 N–H and O–H groups in total. The lowest BCUT2D eigenvalue weighted by molar-refractivity contribution is 0.0867. The molecule has 0 saturated carbocycles. The van der Waals surface area contributed by atoms with Crippen LogP contribution in [0.4, 0.5) is 4.39 Å². The molecule has 30 heavy (non-hydrogen) atoms. The van der Waals surface area contributed by atoms with Crippen molar-refractivity contribution in [2.75, 3.05) is 19.6 Å². The van der Waals surface area contributed by atoms with Crippen LogP contribution in [0.3, 0.4) is 0 Å². The number of fused-ring (bicyclic) bond motifs is 1. The molecule has 0 aliphatic carbocycles. The minimum Gasteiger partial charge on any atom is -0.387 e. The second kappa shape index (κ2) is 10.9. The third-order valence-corrected chi connectivity index (χ3v) is 6.69. The van der Waals surface area contributed by atoms with Crippen molar-refractivity contribution in [1.29, 1.82) is 5.41 Å². The van der Waals surface area contributed by atoms with Crippen molar-refractivity contribution in [2.24, 2.45) is 5.92 Å². The van der Waals surface area contributed by atoms with Crippen molar-refractivity contribution in [3.63, 3.8) is 0 Å². The van der Waals surface area contributed by atoms with Crippen LogP contribution in [-0.4, -0.2) is 34.2 Å². The average molecular weight is 493 g/mol. The molecule has 4 rings (SSSR count). The number of benzene rings is 2. The summed E-state index contributed by atoms with van der Waals surface area (Å²) in [5, 5.41) is 19.4. The fourth-order valence-electron chi connectivity index (χ4n) is 3.89. The third-order valence-electron chi connectivity index (χ3n) is 5.50. The summed E-state index contributed by atoms with van der Waals surface area (Å²) in [5.74, 6) is 0.230. The molecule has 1 aliphatic rings. The van der Waals surface area contributed by atoms with Crippen LogP contribution >= 0.6 is 47.8 Å². The van der Waals surface area contributed by atoms with E-state index in [9.17, 15) is 9.50 Å². The lowest BCUT2D eigenvalue weighted by Gasteiger charge is -2.33. The summed E-state index contributed by atoms with van der Waals surface area (Å²) in [4.78, 5) is 2.83. The van der Waals surface area contributed by atoms with E-state index in [2.05, 4.69) is 9.47 Å². The molecule has 2 aromatic carbocycles. The number of thiazole rings is 1. The highest BCUT2D eigenvalue weighted by atomic mass is 35.5. The summed E-state index contributed by atoms with van der Waals surface area (Å²) < 4.78 is 16.2. The Labute approximate surface area is 196 Å². The zero-order valence-corrected chi connectivity index (χ0v) is 19.5. The van der Waals surface area contributed by atoms with Gasteiger partial charge < -0.3 is 14.6 Å². The SMILES string of the molecule is Cl.Cl.N=c1sc2cc(Cl)ccc2n1CC1CCN(C[C@@H](O)c2ccc(F)cc2)CC1. The smallest absolute Gasteiger partial charge is 0.182 e. The highest BCUT2D eigenvalue weighted by Gasteiger charge is 2.23. The van der Waals surface area contributed by atoms with Crippen LogP contribution in [0.5, 0.6) is 0 Å². The van der Waals surface area contributed by atoms with Gasteiger partial charge in [0.05, 0.1) is 16.3 Å². The van der Waals surface area contributed by atoms with E-state index in [0.717, 1.165) is 48.3 Å². The number of likely N-dealkylation sites (tertiary alicyclic amines) is 1. The fourth-order valence-corrected chi connectivity index (χ4v) is 5.08. The molecule has 9 heteroatoms. The summed E-state index contributed by atoms with van der Waals surface area (Å²) in [6.07, 6.45) is 1.47. The van der Waals surface area contributed by atoms with Crippen LogP contribution in [0.15, 0.2) is 42.5 Å². The molecule has 0 bridgehead atoms. The molecule has 2 heterocycles. The molecule has 0 unspecified atom stereocenters. The van der Waals surface area contributed by atoms with E-state index in [0.29, 0.717) is 22.3 Å². The molecule has 1 fully saturated rings. The topological polar surface area (TPSA) is 52.2 Å². The van der Waals surface area contributed by atoms with Gasteiger partial charge in [-0.1, -0.05) is 35.1 Å². The van der Waals surface area contributed by atoms with Crippen LogP contribution in [0.2, 0.25) is 5.02 Å². The van der Waals surface area contributed by atoms with Crippen LogP contribution < -0.4 is 4.80 Å². The van der Waals surface area contributed by atoms with Crippen LogP contribution in [0, 0.1) is 17.1 Å². The lowest BCUT2D eigenvalue weighted by atomic mass is 9.96. The summed E-state index contributed by atoms with van der Waals surface area (Å²) >= 11 is 7.54. The molecule has 164 valence electrons. The van der Waals surface area contributed by atoms with Gasteiger partial charge in [-0.15, -0.1) is 24.8 Å². The number of piperidine rings is 1. The Morgan fingerprint density at radius 2 is 1.80 bits per heavy atom. The van der Waals surface area contributed by atoms with E-state index in [4.69, 9.17) is 17.0 Å². The molecule has 0 spiro atoms. The predicted octanol–water partition coefficient (Wildman–Crippen LogP) is 5.26. The largest absolute Gasteiger partial charge is 0.387 e. The van der Waals surface area contributed by atoms with E-state index in [1.54, 1.807) is 12.1 Å². The second-order valence-corrected chi connectivity index (χ2v) is 8.91. The van der Waals surface area contributed by atoms with E-state index in [1.807, 2.05) is 18.2 Å². The zero-order valence-electron chi connectivity index (χ0n) is 16.3. The van der Waals surface area contributed by atoms with E-state index in [1.165, 1.54) is 23.5 Å². The average Bonchev–Trinajstić information content (AvgIpc) is 2.98. The van der Waals surface area contributed by atoms with Gasteiger partial charge >= 0.3 is 0 Å². The Morgan fingerprint density at radius 3 is 2.47 bits per heavy atom. The van der Waals surface area contributed by atoms with Gasteiger partial charge in [-0.3, -0.25) is 5.41 Å². The second-order valence-electron chi connectivity index (χ2n) is 7.44. The summed E-state index contributed by atoms with van der Waals surface area (Å²) in [7, 11) is 0. The monoisotopic (exact) mass is 491 g/mol. The summed E-state index contributed by atoms with van der Waals surface area (Å²) in [5.41, 5.74) is 1.83. The molecular formula is C21H25Cl3FN3OS. The quantitative estimate of drug-likeness (QED) is 0.510. The number of nitrogens with zero attached hydrogens (tertiary/aromatic N) is 2. The Morgan fingerprint density at radius 1 is 1.13 bits per heavy atom. The maximum Gasteiger partial charge on any atom is 0.182 e. The number of aliphatic hydroxyl groups is 1. The van der Waals surface area contributed by atoms with E-state index in [-0.39, 0.29) is 30.6 Å². The van der Waals surface area contributed by atoms with Crippen LogP contribution in [-0.2, 0) is 6.54 Å². The number of hydrogen-bond donors (Lipinski definition) is 2. The Bertz CT molecular complexity index is 1020. The number of aliphatic hydroxyl groups excluding tert-OH is 1. The number of hydrogen-bond acceptors (Lipinski definition) is 4. The first kappa shape index (κ1) is 25.1. The van der Waals surface area contributed by atoms with Crippen molar-refractivity contribution in [2.45, 2.75) is 25.5 Å². The van der Waals surface area contributed by atoms with Gasteiger partial charge in [0.25, 0.3) is 0 Å². The number of rotatable bonds is 5. The Kier molecular flexibility index (Phi) is 9.15. The first-order valence-electron chi connectivity index (χ1n) is 9.49. The Balaban J connectivity index is 0.00000160. The van der Waals surface area contributed by atoms with Crippen molar-refractivity contribution in [3.8, 4) is 0 Å². The van der Waals surface area contributed by atoms with Crippen molar-refractivity contribution in [1.82, 2.24) is 9.47 Å². The first-order chi connectivity index (χ1) is 13.5. The fraction of sp³-hybridized carbons (Fsp3) is 0.381. The summed E-state index contributed by atoms with van der Waals surface area (Å²) in [6, 6.07) is 11.9. The first-order valence-corrected chi connectivity index (χ1v) is 10.7. The standard InChI is InChI=1S/C21H23ClFN3OS.2ClH/c22-16-3-6-18-20(11-16)28-21(24)26(18)12-14-7-9-25(10-8-14)13-19(27)15-1-4-17(23)5-2-15;;/h1-6,11,14,19,24,27H,7-10,12-13H2;2*1H/t19-;;/m1../s1. The number of β-amino-alcohol motifs (C(OH)–C–C–N with tert-alkyl or cyclic N) is 1. The van der Waals surface area contributed by atoms with Gasteiger partial charge in [0.1, 0.15) is 5.82 Å². The predicted molar refractivity (Wildman–Crippen MR) is 126 cm³/mol. The van der Waals surface area contributed by atoms with Crippen LogP contribution in [0.1, 0.15) is 24.5 Å². The zero-order chi connectivity index (χ0) is 19.7. The third kappa shape index (κ3) is 5.75. The molecule has 0 amide bonds. The number of nitrogens with one attached hydrogen (secondary N) is 1. The van der Waals surface area contributed by atoms with Crippen molar-refractivity contribution >= 4 is 58.0 Å². The van der Waals surface area contributed by atoms with Gasteiger partial charge in [-0.05, 0) is 67.7 Å². The molecule has 1 aromatic heterocycles. The Hall–Kier alpha value is -1.15. The highest BCUT2D eigenvalue weighted by molar-refractivity contribution is 7.16. The van der Waals surface area contributed by atoms with Gasteiger partial charge in [0.15, 0.2) is 4.80 Å². The molecular weight excluding hydrogens is 468 g/mol. The summed E-state index contributed by atoms with van der Waals surface area (Å²) in [6.45, 7) is 3.25. The minimum atomic E-state index is -0.600. The molecule has 0 radical (unpaired) electrons. The van der Waals surface area contributed by atoms with E-state index >= 15 is 0 Å². The van der Waals surface area contributed by atoms with Crippen LogP contribution in [0.25, 0.3) is 10.2 Å². The van der Waals surface area contributed by atoms with Gasteiger partial charge in [0, 0.05) is 18.1 Å². The molecule has 1 atom stereocenters. The van der Waals surface area contributed by atoms with E-state index < -0.39 is 6.10 Å². The van der Waals surface area contributed by atoms with Gasteiger partial charge in [-0.2, -0.15) is 0 Å².